The molecule has 2 aromatic rings. The standard InChI is InChI=1S/C16H20N2/c1-11-8-13(3)16(9-12(11)2)18(4)15-7-5-6-14(17)10-15/h5-10H,17H2,1-4H3. The minimum atomic E-state index is 0.792. The van der Waals surface area contributed by atoms with Gasteiger partial charge in [0.25, 0.3) is 0 Å². The third-order valence-electron chi connectivity index (χ3n) is 3.43. The lowest BCUT2D eigenvalue weighted by Gasteiger charge is -2.23. The zero-order valence-electron chi connectivity index (χ0n) is 11.5. The van der Waals surface area contributed by atoms with Gasteiger partial charge >= 0.3 is 0 Å². The molecule has 0 spiro atoms. The molecule has 2 aromatic carbocycles. The predicted molar refractivity (Wildman–Crippen MR) is 79.6 cm³/mol. The molecule has 18 heavy (non-hydrogen) atoms. The van der Waals surface area contributed by atoms with Crippen molar-refractivity contribution in [3.05, 3.63) is 53.1 Å². The highest BCUT2D eigenvalue weighted by Gasteiger charge is 2.08. The second-order valence-corrected chi connectivity index (χ2v) is 4.88. The third-order valence-corrected chi connectivity index (χ3v) is 3.43. The van der Waals surface area contributed by atoms with E-state index in [0.29, 0.717) is 0 Å². The molecule has 2 nitrogen and oxygen atoms in total. The monoisotopic (exact) mass is 240 g/mol. The van der Waals surface area contributed by atoms with Crippen LogP contribution in [0.5, 0.6) is 0 Å². The molecular weight excluding hydrogens is 220 g/mol. The Morgan fingerprint density at radius 2 is 1.56 bits per heavy atom. The largest absolute Gasteiger partial charge is 0.399 e. The number of aryl methyl sites for hydroxylation is 3. The van der Waals surface area contributed by atoms with Crippen LogP contribution in [-0.4, -0.2) is 7.05 Å². The second-order valence-electron chi connectivity index (χ2n) is 4.88. The Morgan fingerprint density at radius 1 is 0.889 bits per heavy atom. The molecule has 0 aromatic heterocycles. The van der Waals surface area contributed by atoms with Crippen molar-refractivity contribution in [2.75, 3.05) is 17.7 Å². The summed E-state index contributed by atoms with van der Waals surface area (Å²) < 4.78 is 0. The Hall–Kier alpha value is -1.96. The fourth-order valence-electron chi connectivity index (χ4n) is 2.18. The molecule has 0 amide bonds. The first-order chi connectivity index (χ1) is 8.49. The average Bonchev–Trinajstić information content (AvgIpc) is 2.33. The van der Waals surface area contributed by atoms with Gasteiger partial charge in [0.1, 0.15) is 0 Å². The van der Waals surface area contributed by atoms with Crippen molar-refractivity contribution in [2.45, 2.75) is 20.8 Å². The Morgan fingerprint density at radius 3 is 2.22 bits per heavy atom. The maximum absolute atomic E-state index is 5.84. The minimum absolute atomic E-state index is 0.792. The highest BCUT2D eigenvalue weighted by atomic mass is 15.1. The molecule has 0 saturated carbocycles. The van der Waals surface area contributed by atoms with Crippen LogP contribution in [0.4, 0.5) is 17.1 Å². The molecule has 94 valence electrons. The summed E-state index contributed by atoms with van der Waals surface area (Å²) in [5, 5.41) is 0. The van der Waals surface area contributed by atoms with Gasteiger partial charge in [-0.05, 0) is 61.7 Å². The number of nitrogens with two attached hydrogens (primary N) is 1. The number of rotatable bonds is 2. The van der Waals surface area contributed by atoms with Gasteiger partial charge in [-0.1, -0.05) is 12.1 Å². The van der Waals surface area contributed by atoms with Crippen LogP contribution in [0.1, 0.15) is 16.7 Å². The lowest BCUT2D eigenvalue weighted by molar-refractivity contribution is 1.16. The van der Waals surface area contributed by atoms with Gasteiger partial charge in [-0.3, -0.25) is 0 Å². The van der Waals surface area contributed by atoms with Crippen LogP contribution in [0, 0.1) is 20.8 Å². The lowest BCUT2D eigenvalue weighted by atomic mass is 10.0. The maximum Gasteiger partial charge on any atom is 0.0440 e. The van der Waals surface area contributed by atoms with E-state index in [0.717, 1.165) is 11.4 Å². The number of anilines is 3. The first-order valence-corrected chi connectivity index (χ1v) is 6.16. The summed E-state index contributed by atoms with van der Waals surface area (Å²) in [5.41, 5.74) is 12.9. The third kappa shape index (κ3) is 2.33. The van der Waals surface area contributed by atoms with Crippen LogP contribution in [-0.2, 0) is 0 Å². The zero-order valence-corrected chi connectivity index (χ0v) is 11.5. The van der Waals surface area contributed by atoms with Crippen molar-refractivity contribution in [3.63, 3.8) is 0 Å². The van der Waals surface area contributed by atoms with Crippen molar-refractivity contribution in [2.24, 2.45) is 0 Å². The fraction of sp³-hybridized carbons (Fsp3) is 0.250. The Bertz CT molecular complexity index is 573. The first-order valence-electron chi connectivity index (χ1n) is 6.16. The molecule has 0 saturated heterocycles. The van der Waals surface area contributed by atoms with Crippen LogP contribution in [0.25, 0.3) is 0 Å². The van der Waals surface area contributed by atoms with E-state index in [2.05, 4.69) is 50.9 Å². The Labute approximate surface area is 109 Å². The number of nitrogens with zero attached hydrogens (tertiary/aromatic N) is 1. The summed E-state index contributed by atoms with van der Waals surface area (Å²) in [5.74, 6) is 0. The molecule has 0 atom stereocenters. The van der Waals surface area contributed by atoms with Crippen molar-refractivity contribution < 1.29 is 0 Å². The van der Waals surface area contributed by atoms with Crippen LogP contribution in [0.15, 0.2) is 36.4 Å². The molecule has 0 unspecified atom stereocenters. The number of nitrogen functional groups attached to an aromatic ring is 1. The molecule has 0 aliphatic carbocycles. The van der Waals surface area contributed by atoms with Gasteiger partial charge in [0, 0.05) is 24.1 Å². The summed E-state index contributed by atoms with van der Waals surface area (Å²) in [7, 11) is 2.08. The van der Waals surface area contributed by atoms with Crippen LogP contribution in [0.2, 0.25) is 0 Å². The topological polar surface area (TPSA) is 29.3 Å². The summed E-state index contributed by atoms with van der Waals surface area (Å²) in [6.45, 7) is 6.43. The van der Waals surface area contributed by atoms with Crippen molar-refractivity contribution in [1.82, 2.24) is 0 Å². The molecular formula is C16H20N2. The molecule has 2 N–H and O–H groups in total. The van der Waals surface area contributed by atoms with Crippen LogP contribution in [0.3, 0.4) is 0 Å². The molecule has 2 heteroatoms. The number of hydrogen-bond acceptors (Lipinski definition) is 2. The lowest BCUT2D eigenvalue weighted by Crippen LogP contribution is -2.11. The molecule has 0 bridgehead atoms. The quantitative estimate of drug-likeness (QED) is 0.805. The van der Waals surface area contributed by atoms with Crippen molar-refractivity contribution >= 4 is 17.1 Å². The summed E-state index contributed by atoms with van der Waals surface area (Å²) in [6.07, 6.45) is 0. The van der Waals surface area contributed by atoms with Crippen LogP contribution >= 0.6 is 0 Å². The van der Waals surface area contributed by atoms with Gasteiger partial charge in [-0.15, -0.1) is 0 Å². The zero-order chi connectivity index (χ0) is 13.3. The predicted octanol–water partition coefficient (Wildman–Crippen LogP) is 3.96. The minimum Gasteiger partial charge on any atom is -0.399 e. The normalized spacial score (nSPS) is 10.4. The highest BCUT2D eigenvalue weighted by Crippen LogP contribution is 2.29. The van der Waals surface area contributed by atoms with Gasteiger partial charge in [-0.2, -0.15) is 0 Å². The van der Waals surface area contributed by atoms with E-state index in [1.54, 1.807) is 0 Å². The molecule has 0 fully saturated rings. The van der Waals surface area contributed by atoms with Crippen molar-refractivity contribution in [3.8, 4) is 0 Å². The van der Waals surface area contributed by atoms with E-state index in [1.165, 1.54) is 22.4 Å². The highest BCUT2D eigenvalue weighted by molar-refractivity contribution is 5.69. The van der Waals surface area contributed by atoms with Gasteiger partial charge in [0.2, 0.25) is 0 Å². The van der Waals surface area contributed by atoms with E-state index in [9.17, 15) is 0 Å². The van der Waals surface area contributed by atoms with Gasteiger partial charge < -0.3 is 10.6 Å². The molecule has 2 rings (SSSR count). The van der Waals surface area contributed by atoms with Crippen molar-refractivity contribution in [1.29, 1.82) is 0 Å². The number of benzene rings is 2. The van der Waals surface area contributed by atoms with E-state index >= 15 is 0 Å². The Kier molecular flexibility index (Phi) is 3.28. The van der Waals surface area contributed by atoms with E-state index < -0.39 is 0 Å². The average molecular weight is 240 g/mol. The van der Waals surface area contributed by atoms with E-state index in [1.807, 2.05) is 18.2 Å². The molecule has 0 heterocycles. The first kappa shape index (κ1) is 12.5. The summed E-state index contributed by atoms with van der Waals surface area (Å²) in [6, 6.07) is 12.4. The van der Waals surface area contributed by atoms with Crippen LogP contribution < -0.4 is 10.6 Å². The second kappa shape index (κ2) is 4.73. The maximum atomic E-state index is 5.84. The summed E-state index contributed by atoms with van der Waals surface area (Å²) in [4.78, 5) is 2.18. The Balaban J connectivity index is 2.46. The summed E-state index contributed by atoms with van der Waals surface area (Å²) >= 11 is 0. The number of hydrogen-bond donors (Lipinski definition) is 1. The smallest absolute Gasteiger partial charge is 0.0440 e. The van der Waals surface area contributed by atoms with Gasteiger partial charge in [-0.25, -0.2) is 0 Å². The molecule has 0 aliphatic rings. The van der Waals surface area contributed by atoms with E-state index in [4.69, 9.17) is 5.73 Å². The van der Waals surface area contributed by atoms with Gasteiger partial charge in [0.05, 0.1) is 0 Å². The van der Waals surface area contributed by atoms with Gasteiger partial charge in [0.15, 0.2) is 0 Å². The SMILES string of the molecule is Cc1cc(C)c(N(C)c2cccc(N)c2)cc1C. The molecule has 0 aliphatic heterocycles. The van der Waals surface area contributed by atoms with E-state index in [-0.39, 0.29) is 0 Å². The fourth-order valence-corrected chi connectivity index (χ4v) is 2.18. The molecule has 0 radical (unpaired) electrons.